The van der Waals surface area contributed by atoms with E-state index in [1.54, 1.807) is 23.9 Å². The average Bonchev–Trinajstić information content (AvgIpc) is 2.34. The molecule has 3 nitrogen and oxygen atoms in total. The second-order valence-electron chi connectivity index (χ2n) is 3.67. The number of hydrogen-bond donors (Lipinski definition) is 2. The van der Waals surface area contributed by atoms with E-state index in [0.29, 0.717) is 11.3 Å². The first-order valence-corrected chi connectivity index (χ1v) is 6.80. The summed E-state index contributed by atoms with van der Waals surface area (Å²) in [6, 6.07) is 13.2. The maximum Gasteiger partial charge on any atom is 0.250 e. The lowest BCUT2D eigenvalue weighted by Crippen LogP contribution is -2.13. The van der Waals surface area contributed by atoms with Crippen LogP contribution in [0.25, 0.3) is 0 Å². The third-order valence-corrected chi connectivity index (χ3v) is 3.87. The molecular weight excluding hydrogens is 312 g/mol. The van der Waals surface area contributed by atoms with Gasteiger partial charge in [-0.05, 0) is 42.5 Å². The van der Waals surface area contributed by atoms with Crippen molar-refractivity contribution in [1.29, 1.82) is 0 Å². The fraction of sp³-hybridized carbons (Fsp3) is 0. The molecule has 0 radical (unpaired) electrons. The van der Waals surface area contributed by atoms with Crippen LogP contribution in [-0.4, -0.2) is 5.91 Å². The Hall–Kier alpha value is -1.46. The van der Waals surface area contributed by atoms with Gasteiger partial charge in [-0.1, -0.05) is 27.7 Å². The SMILES string of the molecule is NC(=O)c1cc(Sc2ccc(Br)cc2)ccc1N. The van der Waals surface area contributed by atoms with E-state index in [-0.39, 0.29) is 0 Å². The van der Waals surface area contributed by atoms with Crippen molar-refractivity contribution in [2.75, 3.05) is 5.73 Å². The molecule has 2 aromatic carbocycles. The van der Waals surface area contributed by atoms with Crippen LogP contribution in [0.3, 0.4) is 0 Å². The zero-order valence-electron chi connectivity index (χ0n) is 9.39. The molecule has 0 fully saturated rings. The highest BCUT2D eigenvalue weighted by atomic mass is 79.9. The highest BCUT2D eigenvalue weighted by molar-refractivity contribution is 9.10. The number of primary amides is 1. The number of carbonyl (C=O) groups excluding carboxylic acids is 1. The van der Waals surface area contributed by atoms with Crippen molar-refractivity contribution in [1.82, 2.24) is 0 Å². The number of hydrogen-bond acceptors (Lipinski definition) is 3. The second-order valence-corrected chi connectivity index (χ2v) is 5.73. The fourth-order valence-electron chi connectivity index (χ4n) is 1.45. The van der Waals surface area contributed by atoms with Crippen LogP contribution in [-0.2, 0) is 0 Å². The lowest BCUT2D eigenvalue weighted by Gasteiger charge is -2.06. The Balaban J connectivity index is 2.27. The van der Waals surface area contributed by atoms with Crippen LogP contribution < -0.4 is 11.5 Å². The molecule has 0 bridgehead atoms. The molecule has 0 saturated heterocycles. The van der Waals surface area contributed by atoms with Crippen molar-refractivity contribution in [2.24, 2.45) is 5.73 Å². The van der Waals surface area contributed by atoms with Crippen molar-refractivity contribution in [3.05, 3.63) is 52.5 Å². The number of benzene rings is 2. The van der Waals surface area contributed by atoms with Gasteiger partial charge in [0.2, 0.25) is 0 Å². The molecule has 92 valence electrons. The quantitative estimate of drug-likeness (QED) is 0.852. The van der Waals surface area contributed by atoms with E-state index in [2.05, 4.69) is 15.9 Å². The molecule has 18 heavy (non-hydrogen) atoms. The van der Waals surface area contributed by atoms with Crippen LogP contribution in [0.1, 0.15) is 10.4 Å². The van der Waals surface area contributed by atoms with Gasteiger partial charge in [-0.2, -0.15) is 0 Å². The van der Waals surface area contributed by atoms with E-state index in [4.69, 9.17) is 11.5 Å². The van der Waals surface area contributed by atoms with Crippen LogP contribution in [0.4, 0.5) is 5.69 Å². The first-order valence-electron chi connectivity index (χ1n) is 5.19. The first kappa shape index (κ1) is 13.0. The maximum atomic E-state index is 11.2. The highest BCUT2D eigenvalue weighted by Gasteiger charge is 2.07. The number of amides is 1. The molecule has 0 aliphatic heterocycles. The molecule has 0 aliphatic rings. The Morgan fingerprint density at radius 1 is 1.06 bits per heavy atom. The average molecular weight is 323 g/mol. The van der Waals surface area contributed by atoms with Gasteiger partial charge in [0, 0.05) is 20.0 Å². The predicted octanol–water partition coefficient (Wildman–Crippen LogP) is 3.28. The van der Waals surface area contributed by atoms with E-state index < -0.39 is 5.91 Å². The smallest absolute Gasteiger partial charge is 0.250 e. The molecule has 1 amide bonds. The number of nitrogen functional groups attached to an aromatic ring is 1. The van der Waals surface area contributed by atoms with Gasteiger partial charge >= 0.3 is 0 Å². The minimum absolute atomic E-state index is 0.358. The van der Waals surface area contributed by atoms with Gasteiger partial charge in [0.15, 0.2) is 0 Å². The van der Waals surface area contributed by atoms with E-state index in [9.17, 15) is 4.79 Å². The summed E-state index contributed by atoms with van der Waals surface area (Å²) < 4.78 is 1.03. The fourth-order valence-corrected chi connectivity index (χ4v) is 2.57. The minimum atomic E-state index is -0.509. The van der Waals surface area contributed by atoms with E-state index in [1.165, 1.54) is 0 Å². The summed E-state index contributed by atoms with van der Waals surface area (Å²) in [5, 5.41) is 0. The number of rotatable bonds is 3. The summed E-state index contributed by atoms with van der Waals surface area (Å²) in [5.74, 6) is -0.509. The van der Waals surface area contributed by atoms with Gasteiger partial charge in [0.05, 0.1) is 5.56 Å². The molecule has 0 atom stereocenters. The zero-order chi connectivity index (χ0) is 13.1. The summed E-state index contributed by atoms with van der Waals surface area (Å²) in [7, 11) is 0. The number of anilines is 1. The Labute approximate surface area is 118 Å². The van der Waals surface area contributed by atoms with Gasteiger partial charge in [0.25, 0.3) is 5.91 Å². The third kappa shape index (κ3) is 3.05. The van der Waals surface area contributed by atoms with Crippen LogP contribution >= 0.6 is 27.7 Å². The Bertz CT molecular complexity index is 584. The first-order chi connectivity index (χ1) is 8.56. The van der Waals surface area contributed by atoms with Crippen molar-refractivity contribution < 1.29 is 4.79 Å². The molecule has 2 aromatic rings. The molecule has 0 unspecified atom stereocenters. The van der Waals surface area contributed by atoms with Crippen LogP contribution in [0.5, 0.6) is 0 Å². The summed E-state index contributed by atoms with van der Waals surface area (Å²) in [5.41, 5.74) is 11.7. The Kier molecular flexibility index (Phi) is 3.93. The lowest BCUT2D eigenvalue weighted by atomic mass is 10.2. The van der Waals surface area contributed by atoms with Crippen molar-refractivity contribution in [3.8, 4) is 0 Å². The van der Waals surface area contributed by atoms with E-state index >= 15 is 0 Å². The summed E-state index contributed by atoms with van der Waals surface area (Å²) in [6.07, 6.45) is 0. The Morgan fingerprint density at radius 2 is 1.67 bits per heavy atom. The molecule has 4 N–H and O–H groups in total. The largest absolute Gasteiger partial charge is 0.398 e. The highest BCUT2D eigenvalue weighted by Crippen LogP contribution is 2.30. The molecule has 5 heteroatoms. The van der Waals surface area contributed by atoms with Crippen LogP contribution in [0.15, 0.2) is 56.7 Å². The Morgan fingerprint density at radius 3 is 2.28 bits per heavy atom. The topological polar surface area (TPSA) is 69.1 Å². The van der Waals surface area contributed by atoms with Gasteiger partial charge < -0.3 is 11.5 Å². The van der Waals surface area contributed by atoms with Crippen molar-refractivity contribution in [2.45, 2.75) is 9.79 Å². The number of carbonyl (C=O) groups is 1. The molecule has 0 aromatic heterocycles. The molecule has 0 saturated carbocycles. The van der Waals surface area contributed by atoms with Gasteiger partial charge in [-0.25, -0.2) is 0 Å². The second kappa shape index (κ2) is 5.46. The molecular formula is C13H11BrN2OS. The van der Waals surface area contributed by atoms with Crippen molar-refractivity contribution in [3.63, 3.8) is 0 Å². The monoisotopic (exact) mass is 322 g/mol. The summed E-state index contributed by atoms with van der Waals surface area (Å²) >= 11 is 4.94. The standard InChI is InChI=1S/C13H11BrN2OS/c14-8-1-3-9(4-2-8)18-10-5-6-12(15)11(7-10)13(16)17/h1-7H,15H2,(H2,16,17). The number of nitrogens with two attached hydrogens (primary N) is 2. The van der Waals surface area contributed by atoms with E-state index in [1.807, 2.05) is 30.3 Å². The van der Waals surface area contributed by atoms with Crippen LogP contribution in [0, 0.1) is 0 Å². The van der Waals surface area contributed by atoms with E-state index in [0.717, 1.165) is 14.3 Å². The van der Waals surface area contributed by atoms with Gasteiger partial charge in [0.1, 0.15) is 0 Å². The molecule has 0 aliphatic carbocycles. The lowest BCUT2D eigenvalue weighted by molar-refractivity contribution is 0.100. The predicted molar refractivity (Wildman–Crippen MR) is 77.6 cm³/mol. The normalized spacial score (nSPS) is 10.3. The minimum Gasteiger partial charge on any atom is -0.398 e. The zero-order valence-corrected chi connectivity index (χ0v) is 11.8. The summed E-state index contributed by atoms with van der Waals surface area (Å²) in [4.78, 5) is 13.2. The molecule has 0 heterocycles. The van der Waals surface area contributed by atoms with Crippen molar-refractivity contribution >= 4 is 39.3 Å². The third-order valence-electron chi connectivity index (χ3n) is 2.34. The maximum absolute atomic E-state index is 11.2. The molecule has 2 rings (SSSR count). The van der Waals surface area contributed by atoms with Crippen LogP contribution in [0.2, 0.25) is 0 Å². The van der Waals surface area contributed by atoms with Gasteiger partial charge in [-0.15, -0.1) is 0 Å². The van der Waals surface area contributed by atoms with Gasteiger partial charge in [-0.3, -0.25) is 4.79 Å². The molecule has 0 spiro atoms. The number of halogens is 1. The summed E-state index contributed by atoms with van der Waals surface area (Å²) in [6.45, 7) is 0.